The van der Waals surface area contributed by atoms with Crippen molar-refractivity contribution in [2.24, 2.45) is 5.73 Å². The Labute approximate surface area is 138 Å². The normalized spacial score (nSPS) is 17.0. The van der Waals surface area contributed by atoms with E-state index in [1.807, 2.05) is 36.1 Å². The van der Waals surface area contributed by atoms with Gasteiger partial charge in [0.15, 0.2) is 0 Å². The van der Waals surface area contributed by atoms with Crippen molar-refractivity contribution < 1.29 is 9.59 Å². The maximum absolute atomic E-state index is 12.7. The van der Waals surface area contributed by atoms with Crippen LogP contribution in [-0.2, 0) is 4.79 Å². The van der Waals surface area contributed by atoms with Crippen LogP contribution in [0.5, 0.6) is 0 Å². The highest BCUT2D eigenvalue weighted by molar-refractivity contribution is 5.79. The van der Waals surface area contributed by atoms with Crippen LogP contribution in [-0.4, -0.2) is 29.9 Å². The molecule has 3 N–H and O–H groups in total. The smallest absolute Gasteiger partial charge is 0.312 e. The lowest BCUT2D eigenvalue weighted by Gasteiger charge is -2.27. The number of nitrogens with zero attached hydrogens (tertiary/aromatic N) is 1. The highest BCUT2D eigenvalue weighted by Crippen LogP contribution is 2.22. The topological polar surface area (TPSA) is 75.4 Å². The lowest BCUT2D eigenvalue weighted by Crippen LogP contribution is -2.39. The highest BCUT2D eigenvalue weighted by atomic mass is 16.2. The molecule has 1 aromatic carbocycles. The number of carbonyl (C=O) groups is 2. The molecule has 1 atom stereocenters. The van der Waals surface area contributed by atoms with E-state index < -0.39 is 6.03 Å². The number of hydrogen-bond donors (Lipinski definition) is 2. The maximum atomic E-state index is 12.7. The van der Waals surface area contributed by atoms with Gasteiger partial charge >= 0.3 is 6.03 Å². The van der Waals surface area contributed by atoms with Crippen molar-refractivity contribution in [3.63, 3.8) is 0 Å². The van der Waals surface area contributed by atoms with Gasteiger partial charge < -0.3 is 16.0 Å². The number of carbonyl (C=O) groups excluding carboxylic acids is 2. The first-order valence-electron chi connectivity index (χ1n) is 8.47. The van der Waals surface area contributed by atoms with Gasteiger partial charge in [-0.15, -0.1) is 0 Å². The number of rotatable bonds is 4. The van der Waals surface area contributed by atoms with Crippen LogP contribution >= 0.6 is 0 Å². The second-order valence-electron chi connectivity index (χ2n) is 6.27. The molecule has 2 rings (SSSR count). The molecule has 5 nitrogen and oxygen atoms in total. The van der Waals surface area contributed by atoms with Crippen molar-refractivity contribution in [3.05, 3.63) is 35.4 Å². The number of likely N-dealkylation sites (tertiary alicyclic amines) is 1. The molecule has 0 radical (unpaired) electrons. The van der Waals surface area contributed by atoms with Crippen molar-refractivity contribution in [1.82, 2.24) is 10.2 Å². The summed E-state index contributed by atoms with van der Waals surface area (Å²) in [6.07, 6.45) is 6.01. The lowest BCUT2D eigenvalue weighted by atomic mass is 9.98. The quantitative estimate of drug-likeness (QED) is 0.896. The minimum absolute atomic E-state index is 0.0916. The zero-order valence-corrected chi connectivity index (χ0v) is 13.9. The number of hydrogen-bond acceptors (Lipinski definition) is 2. The average Bonchev–Trinajstić information content (AvgIpc) is 2.46. The van der Waals surface area contributed by atoms with Gasteiger partial charge in [-0.05, 0) is 30.9 Å². The molecular formula is C18H27N3O2. The first kappa shape index (κ1) is 17.3. The van der Waals surface area contributed by atoms with Gasteiger partial charge in [-0.1, -0.05) is 43.5 Å². The Bertz CT molecular complexity index is 537. The second-order valence-corrected chi connectivity index (χ2v) is 6.27. The summed E-state index contributed by atoms with van der Waals surface area (Å²) < 4.78 is 0. The van der Waals surface area contributed by atoms with E-state index in [1.54, 1.807) is 0 Å². The molecule has 0 spiro atoms. The van der Waals surface area contributed by atoms with Crippen molar-refractivity contribution >= 4 is 11.9 Å². The standard InChI is InChI=1S/C18H27N3O2/c1-14-9-5-6-10-15(14)16(20-18(19)23)13-17(22)21-11-7-3-2-4-8-12-21/h5-6,9-10,16H,2-4,7-8,11-13H2,1H3,(H3,19,20,23)/t16-/m1/s1. The fourth-order valence-corrected chi connectivity index (χ4v) is 3.19. The number of aryl methyl sites for hydroxylation is 1. The van der Waals surface area contributed by atoms with Gasteiger partial charge in [0.05, 0.1) is 12.5 Å². The number of nitrogens with one attached hydrogen (secondary N) is 1. The third kappa shape index (κ3) is 5.27. The monoisotopic (exact) mass is 317 g/mol. The molecule has 0 unspecified atom stereocenters. The van der Waals surface area contributed by atoms with Gasteiger partial charge in [0, 0.05) is 13.1 Å². The van der Waals surface area contributed by atoms with Gasteiger partial charge in [0.1, 0.15) is 0 Å². The molecule has 1 aromatic rings. The summed E-state index contributed by atoms with van der Waals surface area (Å²) in [7, 11) is 0. The van der Waals surface area contributed by atoms with Crippen molar-refractivity contribution in [2.75, 3.05) is 13.1 Å². The molecule has 1 heterocycles. The molecule has 1 saturated heterocycles. The van der Waals surface area contributed by atoms with Crippen LogP contribution in [0, 0.1) is 6.92 Å². The van der Waals surface area contributed by atoms with Gasteiger partial charge in [-0.3, -0.25) is 4.79 Å². The molecule has 126 valence electrons. The summed E-state index contributed by atoms with van der Waals surface area (Å²) in [4.78, 5) is 25.9. The molecule has 0 saturated carbocycles. The molecule has 1 aliphatic rings. The molecule has 0 aromatic heterocycles. The highest BCUT2D eigenvalue weighted by Gasteiger charge is 2.22. The second kappa shape index (κ2) is 8.56. The van der Waals surface area contributed by atoms with Crippen molar-refractivity contribution in [1.29, 1.82) is 0 Å². The predicted molar refractivity (Wildman–Crippen MR) is 90.9 cm³/mol. The van der Waals surface area contributed by atoms with Gasteiger partial charge in [0.2, 0.25) is 5.91 Å². The number of benzene rings is 1. The summed E-state index contributed by atoms with van der Waals surface area (Å²) in [6, 6.07) is 6.81. The van der Waals surface area contributed by atoms with E-state index in [4.69, 9.17) is 5.73 Å². The number of primary amides is 1. The van der Waals surface area contributed by atoms with Crippen LogP contribution in [0.15, 0.2) is 24.3 Å². The van der Waals surface area contributed by atoms with Crippen LogP contribution in [0.1, 0.15) is 55.7 Å². The van der Waals surface area contributed by atoms with Crippen LogP contribution in [0.2, 0.25) is 0 Å². The van der Waals surface area contributed by atoms with Crippen LogP contribution < -0.4 is 11.1 Å². The van der Waals surface area contributed by atoms with E-state index in [1.165, 1.54) is 19.3 Å². The molecule has 0 aliphatic carbocycles. The van der Waals surface area contributed by atoms with Gasteiger partial charge in [-0.25, -0.2) is 4.79 Å². The summed E-state index contributed by atoms with van der Waals surface area (Å²) in [5.41, 5.74) is 7.30. The van der Waals surface area contributed by atoms with Gasteiger partial charge in [-0.2, -0.15) is 0 Å². The Morgan fingerprint density at radius 1 is 1.13 bits per heavy atom. The van der Waals surface area contributed by atoms with E-state index >= 15 is 0 Å². The van der Waals surface area contributed by atoms with Crippen molar-refractivity contribution in [2.45, 2.75) is 51.5 Å². The molecule has 5 heteroatoms. The maximum Gasteiger partial charge on any atom is 0.312 e. The van der Waals surface area contributed by atoms with Gasteiger partial charge in [0.25, 0.3) is 0 Å². The molecule has 1 fully saturated rings. The fraction of sp³-hybridized carbons (Fsp3) is 0.556. The van der Waals surface area contributed by atoms with E-state index in [9.17, 15) is 9.59 Å². The van der Waals surface area contributed by atoms with E-state index in [0.717, 1.165) is 37.1 Å². The Morgan fingerprint density at radius 3 is 2.35 bits per heavy atom. The zero-order valence-electron chi connectivity index (χ0n) is 13.9. The summed E-state index contributed by atoms with van der Waals surface area (Å²) in [6.45, 7) is 3.61. The summed E-state index contributed by atoms with van der Waals surface area (Å²) in [5.74, 6) is 0.0916. The molecule has 1 aliphatic heterocycles. The molecule has 0 bridgehead atoms. The first-order chi connectivity index (χ1) is 11.1. The summed E-state index contributed by atoms with van der Waals surface area (Å²) >= 11 is 0. The Balaban J connectivity index is 2.08. The average molecular weight is 317 g/mol. The Hall–Kier alpha value is -2.04. The minimum Gasteiger partial charge on any atom is -0.352 e. The number of nitrogens with two attached hydrogens (primary N) is 1. The SMILES string of the molecule is Cc1ccccc1[C@@H](CC(=O)N1CCCCCCC1)NC(N)=O. The third-order valence-electron chi connectivity index (χ3n) is 4.47. The van der Waals surface area contributed by atoms with E-state index in [2.05, 4.69) is 5.32 Å². The summed E-state index contributed by atoms with van der Waals surface area (Å²) in [5, 5.41) is 2.73. The van der Waals surface area contributed by atoms with E-state index in [0.29, 0.717) is 0 Å². The number of amides is 3. The first-order valence-corrected chi connectivity index (χ1v) is 8.47. The molecule has 23 heavy (non-hydrogen) atoms. The van der Waals surface area contributed by atoms with Crippen LogP contribution in [0.25, 0.3) is 0 Å². The Morgan fingerprint density at radius 2 is 1.74 bits per heavy atom. The zero-order chi connectivity index (χ0) is 16.7. The molecule has 3 amide bonds. The van der Waals surface area contributed by atoms with Crippen LogP contribution in [0.4, 0.5) is 4.79 Å². The number of urea groups is 1. The largest absolute Gasteiger partial charge is 0.352 e. The molecular weight excluding hydrogens is 290 g/mol. The third-order valence-corrected chi connectivity index (χ3v) is 4.47. The van der Waals surface area contributed by atoms with Crippen LogP contribution in [0.3, 0.4) is 0 Å². The Kier molecular flexibility index (Phi) is 6.44. The minimum atomic E-state index is -0.598. The predicted octanol–water partition coefficient (Wildman–Crippen LogP) is 2.89. The van der Waals surface area contributed by atoms with Crippen molar-refractivity contribution in [3.8, 4) is 0 Å². The fourth-order valence-electron chi connectivity index (χ4n) is 3.19. The van der Waals surface area contributed by atoms with E-state index in [-0.39, 0.29) is 18.4 Å². The lowest BCUT2D eigenvalue weighted by molar-refractivity contribution is -0.132.